The van der Waals surface area contributed by atoms with Gasteiger partial charge in [-0.15, -0.1) is 0 Å². The van der Waals surface area contributed by atoms with Gasteiger partial charge in [-0.25, -0.2) is 14.4 Å². The number of nitrogens with one attached hydrogen (secondary N) is 1. The first-order valence-corrected chi connectivity index (χ1v) is 8.80. The van der Waals surface area contributed by atoms with Gasteiger partial charge in [-0.1, -0.05) is 24.3 Å². The first kappa shape index (κ1) is 16.9. The van der Waals surface area contributed by atoms with Crippen LogP contribution in [-0.2, 0) is 17.8 Å². The van der Waals surface area contributed by atoms with Crippen molar-refractivity contribution in [1.82, 2.24) is 14.9 Å². The minimum atomic E-state index is -0.289. The van der Waals surface area contributed by atoms with Crippen LogP contribution in [0.4, 0.5) is 10.2 Å². The summed E-state index contributed by atoms with van der Waals surface area (Å²) >= 11 is 0. The van der Waals surface area contributed by atoms with Gasteiger partial charge in [0.2, 0.25) is 0 Å². The van der Waals surface area contributed by atoms with Gasteiger partial charge in [0.15, 0.2) is 0 Å². The van der Waals surface area contributed by atoms with E-state index in [9.17, 15) is 4.39 Å². The maximum absolute atomic E-state index is 13.5. The molecule has 4 rings (SSSR count). The Balaban J connectivity index is 1.41. The van der Waals surface area contributed by atoms with Crippen LogP contribution >= 0.6 is 0 Å². The molecule has 2 aromatic carbocycles. The van der Waals surface area contributed by atoms with Crippen LogP contribution in [0, 0.1) is 5.82 Å². The van der Waals surface area contributed by atoms with Crippen LogP contribution in [0.5, 0.6) is 0 Å². The Morgan fingerprint density at radius 3 is 2.58 bits per heavy atom. The van der Waals surface area contributed by atoms with E-state index in [1.54, 1.807) is 6.07 Å². The summed E-state index contributed by atoms with van der Waals surface area (Å²) in [5.41, 5.74) is 3.17. The van der Waals surface area contributed by atoms with Crippen LogP contribution in [0.15, 0.2) is 48.8 Å². The molecule has 3 aromatic rings. The van der Waals surface area contributed by atoms with E-state index in [1.807, 2.05) is 0 Å². The number of rotatable bonds is 5. The van der Waals surface area contributed by atoms with Crippen LogP contribution in [0.2, 0.25) is 0 Å². The van der Waals surface area contributed by atoms with Crippen LogP contribution in [0.1, 0.15) is 11.1 Å². The molecule has 0 spiro atoms. The molecule has 0 unspecified atom stereocenters. The highest BCUT2D eigenvalue weighted by Gasteiger charge is 2.10. The molecule has 26 heavy (non-hydrogen) atoms. The molecule has 1 saturated heterocycles. The Hall–Kier alpha value is -2.57. The predicted octanol–water partition coefficient (Wildman–Crippen LogP) is 3.21. The molecule has 0 atom stereocenters. The van der Waals surface area contributed by atoms with Crippen molar-refractivity contribution in [2.75, 3.05) is 31.6 Å². The van der Waals surface area contributed by atoms with Gasteiger partial charge in [0.1, 0.15) is 18.0 Å². The quantitative estimate of drug-likeness (QED) is 0.764. The third kappa shape index (κ3) is 3.98. The molecule has 1 aromatic heterocycles. The molecule has 1 aliphatic heterocycles. The molecule has 1 N–H and O–H groups in total. The molecule has 0 bridgehead atoms. The summed E-state index contributed by atoms with van der Waals surface area (Å²) in [5, 5.41) is 3.98. The molecule has 2 heterocycles. The zero-order chi connectivity index (χ0) is 17.8. The van der Waals surface area contributed by atoms with Crippen molar-refractivity contribution in [2.45, 2.75) is 13.1 Å². The van der Waals surface area contributed by atoms with Crippen molar-refractivity contribution in [3.05, 3.63) is 65.7 Å². The van der Waals surface area contributed by atoms with Gasteiger partial charge in [0, 0.05) is 31.6 Å². The second kappa shape index (κ2) is 7.76. The van der Waals surface area contributed by atoms with E-state index in [2.05, 4.69) is 44.5 Å². The average molecular weight is 352 g/mol. The molecule has 1 fully saturated rings. The Morgan fingerprint density at radius 2 is 1.77 bits per heavy atom. The van der Waals surface area contributed by atoms with Gasteiger partial charge in [-0.05, 0) is 29.3 Å². The van der Waals surface area contributed by atoms with Crippen molar-refractivity contribution in [3.63, 3.8) is 0 Å². The fourth-order valence-electron chi connectivity index (χ4n) is 3.14. The first-order valence-electron chi connectivity index (χ1n) is 8.80. The molecule has 1 aliphatic rings. The summed E-state index contributed by atoms with van der Waals surface area (Å²) in [6.07, 6.45) is 1.49. The first-order chi connectivity index (χ1) is 12.8. The SMILES string of the molecule is Fc1ccc2ncnc(NCc3ccc(CN4CCOCC4)cc3)c2c1. The second-order valence-corrected chi connectivity index (χ2v) is 6.44. The molecular weight excluding hydrogens is 331 g/mol. The van der Waals surface area contributed by atoms with Crippen molar-refractivity contribution in [1.29, 1.82) is 0 Å². The summed E-state index contributed by atoms with van der Waals surface area (Å²) in [5.74, 6) is 0.356. The van der Waals surface area contributed by atoms with Gasteiger partial charge < -0.3 is 10.1 Å². The van der Waals surface area contributed by atoms with Crippen molar-refractivity contribution >= 4 is 16.7 Å². The fourth-order valence-corrected chi connectivity index (χ4v) is 3.14. The number of nitrogens with zero attached hydrogens (tertiary/aromatic N) is 3. The summed E-state index contributed by atoms with van der Waals surface area (Å²) in [6.45, 7) is 5.18. The Kier molecular flexibility index (Phi) is 5.04. The third-order valence-electron chi connectivity index (χ3n) is 4.59. The van der Waals surface area contributed by atoms with E-state index in [1.165, 1.54) is 24.0 Å². The molecule has 0 amide bonds. The largest absolute Gasteiger partial charge is 0.379 e. The normalized spacial score (nSPS) is 15.3. The average Bonchev–Trinajstić information content (AvgIpc) is 2.68. The number of hydrogen-bond donors (Lipinski definition) is 1. The highest BCUT2D eigenvalue weighted by molar-refractivity contribution is 5.88. The van der Waals surface area contributed by atoms with Gasteiger partial charge >= 0.3 is 0 Å². The van der Waals surface area contributed by atoms with Crippen molar-refractivity contribution in [2.24, 2.45) is 0 Å². The predicted molar refractivity (Wildman–Crippen MR) is 99.4 cm³/mol. The zero-order valence-corrected chi connectivity index (χ0v) is 14.5. The van der Waals surface area contributed by atoms with Gasteiger partial charge in [-0.3, -0.25) is 4.90 Å². The summed E-state index contributed by atoms with van der Waals surface area (Å²) in [6, 6.07) is 13.1. The van der Waals surface area contributed by atoms with Crippen LogP contribution in [0.3, 0.4) is 0 Å². The number of morpholine rings is 1. The van der Waals surface area contributed by atoms with Gasteiger partial charge in [0.05, 0.1) is 18.7 Å². The minimum Gasteiger partial charge on any atom is -0.379 e. The Labute approximate surface area is 151 Å². The zero-order valence-electron chi connectivity index (χ0n) is 14.5. The van der Waals surface area contributed by atoms with Gasteiger partial charge in [-0.2, -0.15) is 0 Å². The van der Waals surface area contributed by atoms with E-state index in [4.69, 9.17) is 4.74 Å². The number of halogens is 1. The summed E-state index contributed by atoms with van der Waals surface area (Å²) < 4.78 is 18.9. The number of anilines is 1. The monoisotopic (exact) mass is 352 g/mol. The smallest absolute Gasteiger partial charge is 0.137 e. The summed E-state index contributed by atoms with van der Waals surface area (Å²) in [4.78, 5) is 10.8. The van der Waals surface area contributed by atoms with Crippen molar-refractivity contribution < 1.29 is 9.13 Å². The standard InChI is InChI=1S/C20H21FN4O/c21-17-5-6-19-18(11-17)20(24-14-23-19)22-12-15-1-3-16(4-2-15)13-25-7-9-26-10-8-25/h1-6,11,14H,7-10,12-13H2,(H,22,23,24). The number of ether oxygens (including phenoxy) is 1. The number of benzene rings is 2. The van der Waals surface area contributed by atoms with E-state index in [0.717, 1.165) is 43.9 Å². The number of aromatic nitrogens is 2. The molecule has 0 saturated carbocycles. The molecule has 0 radical (unpaired) electrons. The minimum absolute atomic E-state index is 0.289. The Bertz CT molecular complexity index is 879. The van der Waals surface area contributed by atoms with E-state index < -0.39 is 0 Å². The lowest BCUT2D eigenvalue weighted by molar-refractivity contribution is 0.0342. The molecular formula is C20H21FN4O. The molecule has 6 heteroatoms. The second-order valence-electron chi connectivity index (χ2n) is 6.44. The lowest BCUT2D eigenvalue weighted by Gasteiger charge is -2.26. The highest BCUT2D eigenvalue weighted by Crippen LogP contribution is 2.21. The van der Waals surface area contributed by atoms with E-state index in [-0.39, 0.29) is 5.82 Å². The lowest BCUT2D eigenvalue weighted by atomic mass is 10.1. The fraction of sp³-hybridized carbons (Fsp3) is 0.300. The molecule has 134 valence electrons. The topological polar surface area (TPSA) is 50.3 Å². The van der Waals surface area contributed by atoms with Crippen LogP contribution in [0.25, 0.3) is 10.9 Å². The highest BCUT2D eigenvalue weighted by atomic mass is 19.1. The molecule has 0 aliphatic carbocycles. The van der Waals surface area contributed by atoms with E-state index in [0.29, 0.717) is 17.7 Å². The van der Waals surface area contributed by atoms with Gasteiger partial charge in [0.25, 0.3) is 0 Å². The maximum atomic E-state index is 13.5. The van der Waals surface area contributed by atoms with Crippen LogP contribution < -0.4 is 5.32 Å². The maximum Gasteiger partial charge on any atom is 0.137 e. The lowest BCUT2D eigenvalue weighted by Crippen LogP contribution is -2.35. The van der Waals surface area contributed by atoms with Crippen LogP contribution in [-0.4, -0.2) is 41.2 Å². The van der Waals surface area contributed by atoms with E-state index >= 15 is 0 Å². The summed E-state index contributed by atoms with van der Waals surface area (Å²) in [7, 11) is 0. The Morgan fingerprint density at radius 1 is 1.00 bits per heavy atom. The molecule has 5 nitrogen and oxygen atoms in total. The number of hydrogen-bond acceptors (Lipinski definition) is 5. The van der Waals surface area contributed by atoms with Crippen molar-refractivity contribution in [3.8, 4) is 0 Å². The third-order valence-corrected chi connectivity index (χ3v) is 4.59. The number of fused-ring (bicyclic) bond motifs is 1.